The van der Waals surface area contributed by atoms with E-state index in [4.69, 9.17) is 4.74 Å². The summed E-state index contributed by atoms with van der Waals surface area (Å²) in [4.78, 5) is 4.47. The monoisotopic (exact) mass is 321 g/mol. The fourth-order valence-corrected chi connectivity index (χ4v) is 1.99. The van der Waals surface area contributed by atoms with Crippen molar-refractivity contribution >= 4 is 33.3 Å². The Morgan fingerprint density at radius 2 is 2.00 bits per heavy atom. The van der Waals surface area contributed by atoms with Gasteiger partial charge in [0, 0.05) is 17.1 Å². The van der Waals surface area contributed by atoms with Crippen LogP contribution in [0.5, 0.6) is 5.75 Å². The fraction of sp³-hybridized carbons (Fsp3) is 0.214. The minimum Gasteiger partial charge on any atom is -0.497 e. The second-order valence-corrected chi connectivity index (χ2v) is 4.76. The third kappa shape index (κ3) is 3.61. The lowest BCUT2D eigenvalue weighted by atomic mass is 10.3. The SMILES string of the molecule is CCNc1cccc(Nc2cc(OC)ccc2Br)n1. The molecule has 19 heavy (non-hydrogen) atoms. The minimum atomic E-state index is 0.785. The van der Waals surface area contributed by atoms with E-state index in [1.807, 2.05) is 43.3 Å². The average Bonchev–Trinajstić information content (AvgIpc) is 2.42. The number of aromatic nitrogens is 1. The summed E-state index contributed by atoms with van der Waals surface area (Å²) in [6.45, 7) is 2.89. The van der Waals surface area contributed by atoms with Crippen LogP contribution in [-0.4, -0.2) is 18.6 Å². The van der Waals surface area contributed by atoms with E-state index < -0.39 is 0 Å². The zero-order chi connectivity index (χ0) is 13.7. The molecule has 0 saturated carbocycles. The van der Waals surface area contributed by atoms with Gasteiger partial charge in [0.05, 0.1) is 12.8 Å². The lowest BCUT2D eigenvalue weighted by molar-refractivity contribution is 0.415. The second kappa shape index (κ2) is 6.43. The number of rotatable bonds is 5. The Morgan fingerprint density at radius 3 is 2.74 bits per heavy atom. The molecule has 0 amide bonds. The summed E-state index contributed by atoms with van der Waals surface area (Å²) in [5, 5.41) is 6.45. The predicted molar refractivity (Wildman–Crippen MR) is 82.4 cm³/mol. The molecule has 1 heterocycles. The van der Waals surface area contributed by atoms with Gasteiger partial charge < -0.3 is 15.4 Å². The van der Waals surface area contributed by atoms with Gasteiger partial charge in [-0.05, 0) is 47.1 Å². The van der Waals surface area contributed by atoms with E-state index in [2.05, 4.69) is 31.5 Å². The second-order valence-electron chi connectivity index (χ2n) is 3.91. The molecule has 0 aliphatic heterocycles. The Balaban J connectivity index is 2.22. The molecule has 0 aliphatic carbocycles. The molecule has 0 fully saturated rings. The van der Waals surface area contributed by atoms with Crippen LogP contribution in [0, 0.1) is 0 Å². The molecule has 0 unspecified atom stereocenters. The fourth-order valence-electron chi connectivity index (χ4n) is 1.65. The summed E-state index contributed by atoms with van der Waals surface area (Å²) >= 11 is 3.50. The van der Waals surface area contributed by atoms with E-state index >= 15 is 0 Å². The highest BCUT2D eigenvalue weighted by molar-refractivity contribution is 9.10. The van der Waals surface area contributed by atoms with Crippen molar-refractivity contribution in [3.05, 3.63) is 40.9 Å². The van der Waals surface area contributed by atoms with Crippen LogP contribution in [0.1, 0.15) is 6.92 Å². The van der Waals surface area contributed by atoms with Crippen molar-refractivity contribution in [2.24, 2.45) is 0 Å². The Bertz CT molecular complexity index is 560. The molecule has 1 aromatic carbocycles. The van der Waals surface area contributed by atoms with E-state index in [9.17, 15) is 0 Å². The first kappa shape index (κ1) is 13.7. The number of hydrogen-bond acceptors (Lipinski definition) is 4. The van der Waals surface area contributed by atoms with Gasteiger partial charge in [-0.1, -0.05) is 6.07 Å². The Morgan fingerprint density at radius 1 is 1.21 bits per heavy atom. The summed E-state index contributed by atoms with van der Waals surface area (Å²) in [7, 11) is 1.65. The Kier molecular flexibility index (Phi) is 4.63. The number of hydrogen-bond donors (Lipinski definition) is 2. The van der Waals surface area contributed by atoms with Gasteiger partial charge in [-0.15, -0.1) is 0 Å². The first-order chi connectivity index (χ1) is 9.22. The third-order valence-corrected chi connectivity index (χ3v) is 3.23. The highest BCUT2D eigenvalue weighted by Gasteiger charge is 2.04. The minimum absolute atomic E-state index is 0.785. The predicted octanol–water partition coefficient (Wildman–Crippen LogP) is 4.03. The van der Waals surface area contributed by atoms with Crippen molar-refractivity contribution in [2.75, 3.05) is 24.3 Å². The average molecular weight is 322 g/mol. The van der Waals surface area contributed by atoms with Crippen LogP contribution >= 0.6 is 15.9 Å². The quantitative estimate of drug-likeness (QED) is 0.872. The van der Waals surface area contributed by atoms with Gasteiger partial charge in [-0.2, -0.15) is 0 Å². The maximum atomic E-state index is 5.22. The van der Waals surface area contributed by atoms with Crippen LogP contribution in [0.4, 0.5) is 17.3 Å². The number of nitrogens with zero attached hydrogens (tertiary/aromatic N) is 1. The summed E-state index contributed by atoms with van der Waals surface area (Å²) in [6, 6.07) is 11.6. The molecule has 0 aliphatic rings. The summed E-state index contributed by atoms with van der Waals surface area (Å²) in [5.74, 6) is 2.44. The first-order valence-corrected chi connectivity index (χ1v) is 6.83. The van der Waals surface area contributed by atoms with Crippen LogP contribution in [0.25, 0.3) is 0 Å². The molecule has 2 aromatic rings. The number of pyridine rings is 1. The van der Waals surface area contributed by atoms with Gasteiger partial charge >= 0.3 is 0 Å². The molecule has 0 spiro atoms. The van der Waals surface area contributed by atoms with E-state index in [0.717, 1.165) is 34.1 Å². The number of methoxy groups -OCH3 is 1. The molecule has 2 rings (SSSR count). The third-order valence-electron chi connectivity index (χ3n) is 2.54. The van der Waals surface area contributed by atoms with Crippen molar-refractivity contribution < 1.29 is 4.74 Å². The maximum Gasteiger partial charge on any atom is 0.132 e. The zero-order valence-corrected chi connectivity index (χ0v) is 12.5. The van der Waals surface area contributed by atoms with Gasteiger partial charge in [0.25, 0.3) is 0 Å². The number of halogens is 1. The highest BCUT2D eigenvalue weighted by atomic mass is 79.9. The zero-order valence-electron chi connectivity index (χ0n) is 10.9. The molecule has 1 aromatic heterocycles. The van der Waals surface area contributed by atoms with Crippen molar-refractivity contribution in [2.45, 2.75) is 6.92 Å². The summed E-state index contributed by atoms with van der Waals surface area (Å²) in [5.41, 5.74) is 0.917. The highest BCUT2D eigenvalue weighted by Crippen LogP contribution is 2.29. The van der Waals surface area contributed by atoms with Gasteiger partial charge in [-0.25, -0.2) is 4.98 Å². The maximum absolute atomic E-state index is 5.22. The van der Waals surface area contributed by atoms with Crippen molar-refractivity contribution in [1.29, 1.82) is 0 Å². The molecule has 4 nitrogen and oxygen atoms in total. The molecule has 0 radical (unpaired) electrons. The largest absolute Gasteiger partial charge is 0.497 e. The smallest absolute Gasteiger partial charge is 0.132 e. The molecule has 100 valence electrons. The topological polar surface area (TPSA) is 46.2 Å². The number of benzene rings is 1. The van der Waals surface area contributed by atoms with Crippen molar-refractivity contribution in [3.8, 4) is 5.75 Å². The van der Waals surface area contributed by atoms with Crippen LogP contribution in [0.3, 0.4) is 0 Å². The van der Waals surface area contributed by atoms with Gasteiger partial charge in [0.15, 0.2) is 0 Å². The van der Waals surface area contributed by atoms with E-state index in [1.54, 1.807) is 7.11 Å². The summed E-state index contributed by atoms with van der Waals surface area (Å²) < 4.78 is 6.18. The number of anilines is 3. The van der Waals surface area contributed by atoms with E-state index in [-0.39, 0.29) is 0 Å². The van der Waals surface area contributed by atoms with Crippen molar-refractivity contribution in [3.63, 3.8) is 0 Å². The lowest BCUT2D eigenvalue weighted by Gasteiger charge is -2.11. The number of ether oxygens (including phenoxy) is 1. The number of nitrogens with one attached hydrogen (secondary N) is 2. The molecule has 0 bridgehead atoms. The van der Waals surface area contributed by atoms with Crippen LogP contribution in [-0.2, 0) is 0 Å². The van der Waals surface area contributed by atoms with Gasteiger partial charge in [0.1, 0.15) is 17.4 Å². The normalized spacial score (nSPS) is 10.1. The van der Waals surface area contributed by atoms with Gasteiger partial charge in [-0.3, -0.25) is 0 Å². The molecular weight excluding hydrogens is 306 g/mol. The van der Waals surface area contributed by atoms with Crippen LogP contribution < -0.4 is 15.4 Å². The van der Waals surface area contributed by atoms with E-state index in [1.165, 1.54) is 0 Å². The standard InChI is InChI=1S/C14H16BrN3O/c1-3-16-13-5-4-6-14(18-13)17-12-9-10(19-2)7-8-11(12)15/h4-9H,3H2,1-2H3,(H2,16,17,18). The van der Waals surface area contributed by atoms with Crippen molar-refractivity contribution in [1.82, 2.24) is 4.98 Å². The molecule has 5 heteroatoms. The molecule has 0 atom stereocenters. The van der Waals surface area contributed by atoms with Crippen LogP contribution in [0.15, 0.2) is 40.9 Å². The molecule has 2 N–H and O–H groups in total. The first-order valence-electron chi connectivity index (χ1n) is 6.04. The molecular formula is C14H16BrN3O. The van der Waals surface area contributed by atoms with Gasteiger partial charge in [0.2, 0.25) is 0 Å². The lowest BCUT2D eigenvalue weighted by Crippen LogP contribution is -2.01. The Labute approximate surface area is 121 Å². The van der Waals surface area contributed by atoms with Crippen LogP contribution in [0.2, 0.25) is 0 Å². The Hall–Kier alpha value is -1.75. The van der Waals surface area contributed by atoms with E-state index in [0.29, 0.717) is 0 Å². The molecule has 0 saturated heterocycles. The summed E-state index contributed by atoms with van der Waals surface area (Å²) in [6.07, 6.45) is 0.